The Labute approximate surface area is 88.3 Å². The van der Waals surface area contributed by atoms with Gasteiger partial charge in [0, 0.05) is 23.9 Å². The molecule has 0 radical (unpaired) electrons. The van der Waals surface area contributed by atoms with Crippen LogP contribution in [-0.2, 0) is 4.79 Å². The number of carbonyl (C=O) groups excluding carboxylic acids is 1. The molecule has 0 saturated carbocycles. The smallest absolute Gasteiger partial charge is 0.220 e. The van der Waals surface area contributed by atoms with Crippen LogP contribution in [0.15, 0.2) is 24.3 Å². The fourth-order valence-electron chi connectivity index (χ4n) is 1.78. The lowest BCUT2D eigenvalue weighted by Crippen LogP contribution is -2.33. The topological polar surface area (TPSA) is 29.1 Å². The first-order chi connectivity index (χ1) is 6.75. The van der Waals surface area contributed by atoms with Crippen LogP contribution in [0.1, 0.15) is 24.3 Å². The number of benzene rings is 1. The zero-order valence-corrected chi connectivity index (χ0v) is 8.55. The molecule has 1 atom stereocenters. The second kappa shape index (κ2) is 4.01. The first kappa shape index (κ1) is 9.53. The number of amides is 1. The second-order valence-corrected chi connectivity index (χ2v) is 4.03. The number of hydrogen-bond donors (Lipinski definition) is 1. The number of rotatable bonds is 1. The molecule has 1 aliphatic heterocycles. The molecule has 0 bridgehead atoms. The highest BCUT2D eigenvalue weighted by atomic mass is 35.5. The second-order valence-electron chi connectivity index (χ2n) is 3.59. The van der Waals surface area contributed by atoms with E-state index in [0.29, 0.717) is 12.3 Å². The Hall–Kier alpha value is -1.02. The molecule has 1 aliphatic rings. The van der Waals surface area contributed by atoms with E-state index < -0.39 is 0 Å². The van der Waals surface area contributed by atoms with Crippen molar-refractivity contribution in [3.63, 3.8) is 0 Å². The molecule has 0 aromatic heterocycles. The molecular weight excluding hydrogens is 198 g/mol. The highest BCUT2D eigenvalue weighted by molar-refractivity contribution is 6.30. The van der Waals surface area contributed by atoms with Gasteiger partial charge in [-0.05, 0) is 24.1 Å². The molecule has 3 heteroatoms. The van der Waals surface area contributed by atoms with Crippen LogP contribution in [0.4, 0.5) is 0 Å². The van der Waals surface area contributed by atoms with Crippen LogP contribution in [0.3, 0.4) is 0 Å². The van der Waals surface area contributed by atoms with Gasteiger partial charge in [-0.15, -0.1) is 0 Å². The maximum Gasteiger partial charge on any atom is 0.220 e. The minimum Gasteiger partial charge on any atom is -0.355 e. The fourth-order valence-corrected chi connectivity index (χ4v) is 1.98. The molecule has 1 saturated heterocycles. The Balaban J connectivity index is 2.12. The monoisotopic (exact) mass is 209 g/mol. The lowest BCUT2D eigenvalue weighted by atomic mass is 9.91. The average Bonchev–Trinajstić information content (AvgIpc) is 2.19. The van der Waals surface area contributed by atoms with Crippen molar-refractivity contribution in [2.24, 2.45) is 0 Å². The van der Waals surface area contributed by atoms with Crippen molar-refractivity contribution in [2.75, 3.05) is 6.54 Å². The molecular formula is C11H12ClNO. The Morgan fingerprint density at radius 2 is 2.29 bits per heavy atom. The summed E-state index contributed by atoms with van der Waals surface area (Å²) in [6.07, 6.45) is 1.54. The molecule has 2 nitrogen and oxygen atoms in total. The highest BCUT2D eigenvalue weighted by Crippen LogP contribution is 2.25. The van der Waals surface area contributed by atoms with E-state index >= 15 is 0 Å². The number of piperidine rings is 1. The Morgan fingerprint density at radius 3 is 2.93 bits per heavy atom. The summed E-state index contributed by atoms with van der Waals surface area (Å²) in [4.78, 5) is 11.0. The molecule has 1 aromatic carbocycles. The summed E-state index contributed by atoms with van der Waals surface area (Å²) in [5.74, 6) is 0.578. The molecule has 2 rings (SSSR count). The third kappa shape index (κ3) is 2.07. The molecule has 14 heavy (non-hydrogen) atoms. The third-order valence-electron chi connectivity index (χ3n) is 2.59. The van der Waals surface area contributed by atoms with Crippen molar-refractivity contribution in [1.29, 1.82) is 0 Å². The van der Waals surface area contributed by atoms with E-state index in [-0.39, 0.29) is 5.91 Å². The molecule has 1 aromatic rings. The molecule has 1 N–H and O–H groups in total. The highest BCUT2D eigenvalue weighted by Gasteiger charge is 2.19. The van der Waals surface area contributed by atoms with Crippen molar-refractivity contribution in [3.8, 4) is 0 Å². The van der Waals surface area contributed by atoms with Gasteiger partial charge in [0.2, 0.25) is 5.91 Å². The Bertz CT molecular complexity index is 341. The minimum absolute atomic E-state index is 0.156. The quantitative estimate of drug-likeness (QED) is 0.756. The van der Waals surface area contributed by atoms with Crippen LogP contribution in [0.25, 0.3) is 0 Å². The number of hydrogen-bond acceptors (Lipinski definition) is 1. The molecule has 0 aliphatic carbocycles. The van der Waals surface area contributed by atoms with E-state index in [1.54, 1.807) is 0 Å². The van der Waals surface area contributed by atoms with Gasteiger partial charge in [0.1, 0.15) is 0 Å². The van der Waals surface area contributed by atoms with E-state index in [4.69, 9.17) is 11.6 Å². The van der Waals surface area contributed by atoms with E-state index in [2.05, 4.69) is 11.4 Å². The van der Waals surface area contributed by atoms with Crippen molar-refractivity contribution < 1.29 is 4.79 Å². The normalized spacial score (nSPS) is 21.8. The van der Waals surface area contributed by atoms with Crippen LogP contribution in [0.2, 0.25) is 5.02 Å². The largest absolute Gasteiger partial charge is 0.355 e. The number of carbonyl (C=O) groups is 1. The number of nitrogens with one attached hydrogen (secondary N) is 1. The van der Waals surface area contributed by atoms with E-state index in [0.717, 1.165) is 18.0 Å². The minimum atomic E-state index is 0.156. The van der Waals surface area contributed by atoms with Crippen molar-refractivity contribution in [3.05, 3.63) is 34.9 Å². The standard InChI is InChI=1S/C11H12ClNO/c12-10-3-1-2-8(6-10)9-4-5-11(14)13-7-9/h1-3,6,9H,4-5,7H2,(H,13,14)/t9-/m1/s1. The zero-order chi connectivity index (χ0) is 9.97. The molecule has 0 spiro atoms. The van der Waals surface area contributed by atoms with Crippen molar-refractivity contribution in [2.45, 2.75) is 18.8 Å². The van der Waals surface area contributed by atoms with Gasteiger partial charge in [-0.1, -0.05) is 23.7 Å². The van der Waals surface area contributed by atoms with Gasteiger partial charge < -0.3 is 5.32 Å². The van der Waals surface area contributed by atoms with Crippen LogP contribution in [0.5, 0.6) is 0 Å². The van der Waals surface area contributed by atoms with Crippen molar-refractivity contribution in [1.82, 2.24) is 5.32 Å². The van der Waals surface area contributed by atoms with Gasteiger partial charge in [-0.2, -0.15) is 0 Å². The summed E-state index contributed by atoms with van der Waals surface area (Å²) >= 11 is 5.91. The molecule has 1 heterocycles. The van der Waals surface area contributed by atoms with Crippen LogP contribution in [0, 0.1) is 0 Å². The van der Waals surface area contributed by atoms with E-state index in [1.165, 1.54) is 5.56 Å². The van der Waals surface area contributed by atoms with Gasteiger partial charge in [0.25, 0.3) is 0 Å². The predicted molar refractivity (Wildman–Crippen MR) is 56.4 cm³/mol. The summed E-state index contributed by atoms with van der Waals surface area (Å²) in [6, 6.07) is 7.86. The maximum absolute atomic E-state index is 11.0. The van der Waals surface area contributed by atoms with Crippen LogP contribution >= 0.6 is 11.6 Å². The first-order valence-electron chi connectivity index (χ1n) is 4.78. The van der Waals surface area contributed by atoms with E-state index in [9.17, 15) is 4.79 Å². The van der Waals surface area contributed by atoms with Gasteiger partial charge in [-0.3, -0.25) is 4.79 Å². The van der Waals surface area contributed by atoms with Crippen LogP contribution in [-0.4, -0.2) is 12.5 Å². The zero-order valence-electron chi connectivity index (χ0n) is 7.79. The summed E-state index contributed by atoms with van der Waals surface area (Å²) in [7, 11) is 0. The van der Waals surface area contributed by atoms with Crippen LogP contribution < -0.4 is 5.32 Å². The lowest BCUT2D eigenvalue weighted by molar-refractivity contribution is -0.122. The summed E-state index contributed by atoms with van der Waals surface area (Å²) < 4.78 is 0. The molecule has 74 valence electrons. The molecule has 0 unspecified atom stereocenters. The molecule has 1 fully saturated rings. The van der Waals surface area contributed by atoms with E-state index in [1.807, 2.05) is 18.2 Å². The average molecular weight is 210 g/mol. The summed E-state index contributed by atoms with van der Waals surface area (Å²) in [5.41, 5.74) is 1.22. The predicted octanol–water partition coefficient (Wildman–Crippen LogP) is 2.33. The van der Waals surface area contributed by atoms with Gasteiger partial charge in [-0.25, -0.2) is 0 Å². The van der Waals surface area contributed by atoms with Gasteiger partial charge >= 0.3 is 0 Å². The first-order valence-corrected chi connectivity index (χ1v) is 5.15. The van der Waals surface area contributed by atoms with Crippen molar-refractivity contribution >= 4 is 17.5 Å². The van der Waals surface area contributed by atoms with Gasteiger partial charge in [0.05, 0.1) is 0 Å². The fraction of sp³-hybridized carbons (Fsp3) is 0.364. The summed E-state index contributed by atoms with van der Waals surface area (Å²) in [5, 5.41) is 3.63. The maximum atomic E-state index is 11.0. The Morgan fingerprint density at radius 1 is 1.43 bits per heavy atom. The SMILES string of the molecule is O=C1CC[C@@H](c2cccc(Cl)c2)CN1. The Kier molecular flexibility index (Phi) is 2.73. The third-order valence-corrected chi connectivity index (χ3v) is 2.82. The number of halogens is 1. The molecule has 1 amide bonds. The van der Waals surface area contributed by atoms with Gasteiger partial charge in [0.15, 0.2) is 0 Å². The lowest BCUT2D eigenvalue weighted by Gasteiger charge is -2.22. The summed E-state index contributed by atoms with van der Waals surface area (Å²) in [6.45, 7) is 0.735.